The van der Waals surface area contributed by atoms with Gasteiger partial charge in [-0.3, -0.25) is 5.43 Å². The van der Waals surface area contributed by atoms with E-state index in [1.807, 2.05) is 36.6 Å². The number of hydrogen-bond donors (Lipinski definition) is 2. The zero-order valence-corrected chi connectivity index (χ0v) is 11.4. The predicted octanol–water partition coefficient (Wildman–Crippen LogP) is 2.08. The molecule has 0 amide bonds. The van der Waals surface area contributed by atoms with E-state index in [1.54, 1.807) is 6.21 Å². The molecule has 3 rings (SSSR count). The average molecular weight is 285 g/mol. The second-order valence-corrected chi connectivity index (χ2v) is 4.88. The monoisotopic (exact) mass is 285 g/mol. The van der Waals surface area contributed by atoms with Crippen LogP contribution in [0.5, 0.6) is 0 Å². The van der Waals surface area contributed by atoms with Gasteiger partial charge in [-0.25, -0.2) is 4.98 Å². The largest absolute Gasteiger partial charge is 0.253 e. The molecule has 2 N–H and O–H groups in total. The van der Waals surface area contributed by atoms with Crippen LogP contribution in [0.3, 0.4) is 0 Å². The first-order valence-corrected chi connectivity index (χ1v) is 6.74. The SMILES string of the molecule is Cc1csc(NN=Cc2ccc(-c3nn[nH]n3)cc2)n1. The van der Waals surface area contributed by atoms with Crippen molar-refractivity contribution in [3.05, 3.63) is 40.9 Å². The number of aromatic nitrogens is 5. The van der Waals surface area contributed by atoms with E-state index in [1.165, 1.54) is 11.3 Å². The highest BCUT2D eigenvalue weighted by molar-refractivity contribution is 7.13. The number of thiazole rings is 1. The lowest BCUT2D eigenvalue weighted by molar-refractivity contribution is 0.881. The number of nitrogens with one attached hydrogen (secondary N) is 2. The van der Waals surface area contributed by atoms with E-state index < -0.39 is 0 Å². The molecule has 0 bridgehead atoms. The Hall–Kier alpha value is -2.61. The van der Waals surface area contributed by atoms with Gasteiger partial charge >= 0.3 is 0 Å². The Morgan fingerprint density at radius 2 is 2.15 bits per heavy atom. The summed E-state index contributed by atoms with van der Waals surface area (Å²) in [5.41, 5.74) is 5.75. The minimum Gasteiger partial charge on any atom is -0.253 e. The molecule has 20 heavy (non-hydrogen) atoms. The fourth-order valence-electron chi connectivity index (χ4n) is 1.57. The molecule has 2 aromatic heterocycles. The van der Waals surface area contributed by atoms with Crippen molar-refractivity contribution in [3.63, 3.8) is 0 Å². The highest BCUT2D eigenvalue weighted by atomic mass is 32.1. The van der Waals surface area contributed by atoms with Crippen LogP contribution in [0, 0.1) is 6.92 Å². The van der Waals surface area contributed by atoms with Crippen molar-refractivity contribution < 1.29 is 0 Å². The summed E-state index contributed by atoms with van der Waals surface area (Å²) in [5, 5.41) is 20.7. The highest BCUT2D eigenvalue weighted by Gasteiger charge is 2.01. The van der Waals surface area contributed by atoms with Gasteiger partial charge in [-0.1, -0.05) is 24.3 Å². The standard InChI is InChI=1S/C12H11N7S/c1-8-7-20-12(14-8)17-13-6-9-2-4-10(5-3-9)11-15-18-19-16-11/h2-7H,1H3,(H,14,17)(H,15,16,18,19). The van der Waals surface area contributed by atoms with E-state index in [-0.39, 0.29) is 0 Å². The molecule has 0 fully saturated rings. The summed E-state index contributed by atoms with van der Waals surface area (Å²) in [4.78, 5) is 4.26. The third-order valence-electron chi connectivity index (χ3n) is 2.51. The molecule has 0 unspecified atom stereocenters. The number of hydrogen-bond acceptors (Lipinski definition) is 7. The maximum absolute atomic E-state index is 4.26. The molecule has 0 spiro atoms. The number of aromatic amines is 1. The Morgan fingerprint density at radius 3 is 2.80 bits per heavy atom. The lowest BCUT2D eigenvalue weighted by Gasteiger charge is -1.96. The second-order valence-electron chi connectivity index (χ2n) is 4.02. The van der Waals surface area contributed by atoms with Gasteiger partial charge in [0.05, 0.1) is 11.9 Å². The van der Waals surface area contributed by atoms with Gasteiger partial charge in [0.25, 0.3) is 0 Å². The summed E-state index contributed by atoms with van der Waals surface area (Å²) < 4.78 is 0. The van der Waals surface area contributed by atoms with Crippen molar-refractivity contribution in [2.75, 3.05) is 5.43 Å². The number of tetrazole rings is 1. The average Bonchev–Trinajstić information content (AvgIpc) is 3.11. The molecule has 7 nitrogen and oxygen atoms in total. The first kappa shape index (κ1) is 12.4. The lowest BCUT2D eigenvalue weighted by Crippen LogP contribution is -1.90. The zero-order valence-electron chi connectivity index (χ0n) is 10.6. The third kappa shape index (κ3) is 2.86. The molecule has 0 atom stereocenters. The summed E-state index contributed by atoms with van der Waals surface area (Å²) >= 11 is 1.52. The van der Waals surface area contributed by atoms with Crippen LogP contribution in [0.1, 0.15) is 11.3 Å². The zero-order chi connectivity index (χ0) is 13.8. The Kier molecular flexibility index (Phi) is 3.46. The molecule has 3 aromatic rings. The van der Waals surface area contributed by atoms with Crippen LogP contribution in [-0.2, 0) is 0 Å². The van der Waals surface area contributed by atoms with Gasteiger partial charge in [-0.15, -0.1) is 21.5 Å². The molecule has 0 aliphatic heterocycles. The summed E-state index contributed by atoms with van der Waals surface area (Å²) in [6, 6.07) is 7.70. The Bertz CT molecular complexity index is 700. The molecule has 1 aromatic carbocycles. The van der Waals surface area contributed by atoms with Crippen LogP contribution in [0.4, 0.5) is 5.13 Å². The predicted molar refractivity (Wildman–Crippen MR) is 77.7 cm³/mol. The quantitative estimate of drug-likeness (QED) is 0.565. The number of rotatable bonds is 4. The maximum Gasteiger partial charge on any atom is 0.204 e. The van der Waals surface area contributed by atoms with Crippen molar-refractivity contribution in [1.29, 1.82) is 0 Å². The number of nitrogens with zero attached hydrogens (tertiary/aromatic N) is 5. The van der Waals surface area contributed by atoms with Gasteiger partial charge in [-0.2, -0.15) is 10.3 Å². The maximum atomic E-state index is 4.26. The minimum atomic E-state index is 0.574. The topological polar surface area (TPSA) is 91.7 Å². The van der Waals surface area contributed by atoms with E-state index in [2.05, 4.69) is 36.1 Å². The van der Waals surface area contributed by atoms with Gasteiger partial charge in [0.1, 0.15) is 0 Å². The van der Waals surface area contributed by atoms with Gasteiger partial charge in [0.15, 0.2) is 0 Å². The molecule has 0 radical (unpaired) electrons. The number of anilines is 1. The second kappa shape index (κ2) is 5.57. The third-order valence-corrected chi connectivity index (χ3v) is 3.37. The summed E-state index contributed by atoms with van der Waals surface area (Å²) in [6.45, 7) is 1.95. The molecule has 0 saturated heterocycles. The van der Waals surface area contributed by atoms with Crippen LogP contribution in [0.2, 0.25) is 0 Å². The van der Waals surface area contributed by atoms with Gasteiger partial charge in [0, 0.05) is 10.9 Å². The molecular weight excluding hydrogens is 274 g/mol. The van der Waals surface area contributed by atoms with E-state index in [4.69, 9.17) is 0 Å². The smallest absolute Gasteiger partial charge is 0.204 e. The van der Waals surface area contributed by atoms with Crippen molar-refractivity contribution in [1.82, 2.24) is 25.6 Å². The van der Waals surface area contributed by atoms with E-state index in [0.29, 0.717) is 5.82 Å². The van der Waals surface area contributed by atoms with Gasteiger partial charge in [0.2, 0.25) is 11.0 Å². The first-order valence-electron chi connectivity index (χ1n) is 5.86. The summed E-state index contributed by atoms with van der Waals surface area (Å²) in [6.07, 6.45) is 1.73. The van der Waals surface area contributed by atoms with Crippen molar-refractivity contribution in [3.8, 4) is 11.4 Å². The van der Waals surface area contributed by atoms with E-state index >= 15 is 0 Å². The summed E-state index contributed by atoms with van der Waals surface area (Å²) in [5.74, 6) is 0.574. The normalized spacial score (nSPS) is 11.1. The van der Waals surface area contributed by atoms with E-state index in [0.717, 1.165) is 22.0 Å². The number of benzene rings is 1. The first-order chi connectivity index (χ1) is 9.81. The van der Waals surface area contributed by atoms with E-state index in [9.17, 15) is 0 Å². The Balaban J connectivity index is 1.66. The Labute approximate surface area is 118 Å². The number of aryl methyl sites for hydroxylation is 1. The van der Waals surface area contributed by atoms with Gasteiger partial charge in [-0.05, 0) is 17.7 Å². The van der Waals surface area contributed by atoms with Crippen LogP contribution in [0.15, 0.2) is 34.7 Å². The fourth-order valence-corrected chi connectivity index (χ4v) is 2.21. The lowest BCUT2D eigenvalue weighted by atomic mass is 10.1. The number of hydrazone groups is 1. The van der Waals surface area contributed by atoms with Crippen LogP contribution >= 0.6 is 11.3 Å². The van der Waals surface area contributed by atoms with Crippen LogP contribution < -0.4 is 5.43 Å². The highest BCUT2D eigenvalue weighted by Crippen LogP contribution is 2.15. The van der Waals surface area contributed by atoms with Crippen LogP contribution in [-0.4, -0.2) is 31.8 Å². The van der Waals surface area contributed by atoms with Crippen LogP contribution in [0.25, 0.3) is 11.4 Å². The summed E-state index contributed by atoms with van der Waals surface area (Å²) in [7, 11) is 0. The minimum absolute atomic E-state index is 0.574. The molecule has 0 aliphatic rings. The van der Waals surface area contributed by atoms with Crippen molar-refractivity contribution in [2.45, 2.75) is 6.92 Å². The molecule has 0 saturated carbocycles. The van der Waals surface area contributed by atoms with Gasteiger partial charge < -0.3 is 0 Å². The molecular formula is C12H11N7S. The molecule has 8 heteroatoms. The fraction of sp³-hybridized carbons (Fsp3) is 0.0833. The number of H-pyrrole nitrogens is 1. The van der Waals surface area contributed by atoms with Crippen molar-refractivity contribution in [2.24, 2.45) is 5.10 Å². The molecule has 0 aliphatic carbocycles. The Morgan fingerprint density at radius 1 is 1.30 bits per heavy atom. The molecule has 100 valence electrons. The van der Waals surface area contributed by atoms with Crippen molar-refractivity contribution >= 4 is 22.7 Å². The molecule has 2 heterocycles.